The van der Waals surface area contributed by atoms with E-state index in [1.165, 1.54) is 0 Å². The van der Waals surface area contributed by atoms with Crippen LogP contribution in [0, 0.1) is 0 Å². The topological polar surface area (TPSA) is 59.0 Å². The average molecular weight is 232 g/mol. The summed E-state index contributed by atoms with van der Waals surface area (Å²) >= 11 is 0. The summed E-state index contributed by atoms with van der Waals surface area (Å²) in [5.41, 5.74) is 0.711. The maximum Gasteiger partial charge on any atom is 0.333 e. The van der Waals surface area contributed by atoms with Crippen LogP contribution in [0.2, 0.25) is 0 Å². The van der Waals surface area contributed by atoms with Gasteiger partial charge >= 0.3 is 5.97 Å². The van der Waals surface area contributed by atoms with Gasteiger partial charge < -0.3 is 4.74 Å². The smallest absolute Gasteiger partial charge is 0.333 e. The number of para-hydroxylation sites is 1. The Morgan fingerprint density at radius 2 is 2.12 bits per heavy atom. The molecule has 1 aliphatic heterocycles. The first-order valence-electron chi connectivity index (χ1n) is 5.25. The average Bonchev–Trinajstić information content (AvgIpc) is 2.58. The van der Waals surface area contributed by atoms with E-state index < -0.39 is 5.97 Å². The van der Waals surface area contributed by atoms with E-state index in [1.807, 2.05) is 6.07 Å². The second-order valence-electron chi connectivity index (χ2n) is 3.75. The van der Waals surface area contributed by atoms with Crippen molar-refractivity contribution >= 4 is 17.6 Å². The lowest BCUT2D eigenvalue weighted by Gasteiger charge is -2.10. The summed E-state index contributed by atoms with van der Waals surface area (Å²) in [6, 6.07) is 8.73. The molecule has 0 N–H and O–H groups in total. The largest absolute Gasteiger partial charge is 0.425 e. The Morgan fingerprint density at radius 3 is 2.71 bits per heavy atom. The fraction of sp³-hybridized carbons (Fsp3) is 0.250. The van der Waals surface area contributed by atoms with E-state index >= 15 is 0 Å². The lowest BCUT2D eigenvalue weighted by Crippen LogP contribution is -2.30. The molecule has 5 nitrogen and oxygen atoms in total. The Labute approximate surface area is 98.7 Å². The van der Waals surface area contributed by atoms with Gasteiger partial charge in [-0.3, -0.25) is 4.79 Å². The van der Waals surface area contributed by atoms with Crippen LogP contribution in [0.5, 0.6) is 5.75 Å². The minimum Gasteiger partial charge on any atom is -0.425 e. The monoisotopic (exact) mass is 232 g/mol. The second kappa shape index (κ2) is 4.78. The van der Waals surface area contributed by atoms with Gasteiger partial charge in [-0.05, 0) is 19.1 Å². The molecule has 0 bridgehead atoms. The number of nitrogens with zero attached hydrogens (tertiary/aromatic N) is 2. The zero-order valence-electron chi connectivity index (χ0n) is 9.42. The van der Waals surface area contributed by atoms with E-state index in [0.29, 0.717) is 11.5 Å². The molecule has 0 atom stereocenters. The van der Waals surface area contributed by atoms with Gasteiger partial charge in [0.05, 0.1) is 6.42 Å². The number of ether oxygens (including phenoxy) is 1. The molecule has 1 amide bonds. The number of hydrogen-bond donors (Lipinski definition) is 0. The maximum atomic E-state index is 11.5. The van der Waals surface area contributed by atoms with Crippen LogP contribution >= 0.6 is 0 Å². The molecule has 17 heavy (non-hydrogen) atoms. The molecule has 1 heterocycles. The number of amides is 1. The summed E-state index contributed by atoms with van der Waals surface area (Å²) in [6.45, 7) is 1.60. The molecule has 0 unspecified atom stereocenters. The van der Waals surface area contributed by atoms with Crippen molar-refractivity contribution in [3.63, 3.8) is 0 Å². The van der Waals surface area contributed by atoms with E-state index in [-0.39, 0.29) is 18.9 Å². The number of benzene rings is 1. The summed E-state index contributed by atoms with van der Waals surface area (Å²) in [4.78, 5) is 22.9. The molecule has 1 aromatic carbocycles. The number of esters is 1. The SMILES string of the molecule is CC1=NN(CC(=O)Oc2ccccc2)C(=O)C1. The van der Waals surface area contributed by atoms with Crippen molar-refractivity contribution in [2.45, 2.75) is 13.3 Å². The van der Waals surface area contributed by atoms with Crippen LogP contribution in [0.25, 0.3) is 0 Å². The Balaban J connectivity index is 1.92. The Kier molecular flexibility index (Phi) is 3.18. The van der Waals surface area contributed by atoms with E-state index in [9.17, 15) is 9.59 Å². The highest BCUT2D eigenvalue weighted by molar-refractivity contribution is 6.04. The molecule has 1 aromatic rings. The standard InChI is InChI=1S/C12H12N2O3/c1-9-7-11(15)14(13-9)8-12(16)17-10-5-3-2-4-6-10/h2-6H,7-8H2,1H3. The van der Waals surface area contributed by atoms with Crippen molar-refractivity contribution < 1.29 is 14.3 Å². The highest BCUT2D eigenvalue weighted by Crippen LogP contribution is 2.11. The molecule has 88 valence electrons. The normalized spacial score (nSPS) is 14.8. The summed E-state index contributed by atoms with van der Waals surface area (Å²) < 4.78 is 5.06. The highest BCUT2D eigenvalue weighted by atomic mass is 16.5. The number of hydrogen-bond acceptors (Lipinski definition) is 4. The summed E-state index contributed by atoms with van der Waals surface area (Å²) in [5.74, 6) is -0.208. The van der Waals surface area contributed by atoms with Crippen LogP contribution in [-0.2, 0) is 9.59 Å². The lowest BCUT2D eigenvalue weighted by molar-refractivity contribution is -0.141. The molecule has 0 saturated heterocycles. The Morgan fingerprint density at radius 1 is 1.41 bits per heavy atom. The minimum absolute atomic E-state index is 0.148. The third-order valence-corrected chi connectivity index (χ3v) is 2.24. The molecule has 0 saturated carbocycles. The first-order chi connectivity index (χ1) is 8.15. The van der Waals surface area contributed by atoms with Crippen molar-refractivity contribution in [2.75, 3.05) is 6.54 Å². The van der Waals surface area contributed by atoms with Crippen molar-refractivity contribution in [2.24, 2.45) is 5.10 Å². The van der Waals surface area contributed by atoms with Crippen LogP contribution in [0.1, 0.15) is 13.3 Å². The van der Waals surface area contributed by atoms with E-state index in [1.54, 1.807) is 31.2 Å². The third-order valence-electron chi connectivity index (χ3n) is 2.24. The summed E-state index contributed by atoms with van der Waals surface area (Å²) in [5, 5.41) is 5.09. The Hall–Kier alpha value is -2.17. The summed E-state index contributed by atoms with van der Waals surface area (Å²) in [6.07, 6.45) is 0.276. The molecule has 5 heteroatoms. The van der Waals surface area contributed by atoms with E-state index in [2.05, 4.69) is 5.10 Å². The number of hydrazone groups is 1. The van der Waals surface area contributed by atoms with Crippen LogP contribution in [0.15, 0.2) is 35.4 Å². The van der Waals surface area contributed by atoms with Gasteiger partial charge in [-0.2, -0.15) is 5.10 Å². The molecular weight excluding hydrogens is 220 g/mol. The van der Waals surface area contributed by atoms with Gasteiger partial charge in [0.25, 0.3) is 0 Å². The second-order valence-corrected chi connectivity index (χ2v) is 3.75. The Bertz CT molecular complexity index is 468. The van der Waals surface area contributed by atoms with Gasteiger partial charge in [0.15, 0.2) is 0 Å². The molecule has 0 spiro atoms. The van der Waals surface area contributed by atoms with Crippen LogP contribution in [0.4, 0.5) is 0 Å². The molecule has 0 fully saturated rings. The first kappa shape index (κ1) is 11.3. The molecule has 0 aliphatic carbocycles. The number of rotatable bonds is 3. The van der Waals surface area contributed by atoms with Gasteiger partial charge in [0.2, 0.25) is 5.91 Å². The van der Waals surface area contributed by atoms with Crippen molar-refractivity contribution in [3.05, 3.63) is 30.3 Å². The molecular formula is C12H12N2O3. The van der Waals surface area contributed by atoms with Gasteiger partial charge in [-0.1, -0.05) is 18.2 Å². The third kappa shape index (κ3) is 2.90. The quantitative estimate of drug-likeness (QED) is 0.581. The number of carbonyl (C=O) groups excluding carboxylic acids is 2. The van der Waals surface area contributed by atoms with Crippen molar-refractivity contribution in [1.29, 1.82) is 0 Å². The van der Waals surface area contributed by atoms with E-state index in [0.717, 1.165) is 5.01 Å². The lowest BCUT2D eigenvalue weighted by atomic mass is 10.3. The minimum atomic E-state index is -0.497. The molecule has 2 rings (SSSR count). The fourth-order valence-electron chi connectivity index (χ4n) is 1.51. The predicted molar refractivity (Wildman–Crippen MR) is 61.5 cm³/mol. The molecule has 0 radical (unpaired) electrons. The molecule has 0 aromatic heterocycles. The zero-order valence-corrected chi connectivity index (χ0v) is 9.42. The van der Waals surface area contributed by atoms with Gasteiger partial charge in [0.1, 0.15) is 12.3 Å². The van der Waals surface area contributed by atoms with Crippen LogP contribution < -0.4 is 4.74 Å². The first-order valence-corrected chi connectivity index (χ1v) is 5.25. The molecule has 1 aliphatic rings. The van der Waals surface area contributed by atoms with Gasteiger partial charge in [0, 0.05) is 5.71 Å². The van der Waals surface area contributed by atoms with Crippen LogP contribution in [0.3, 0.4) is 0 Å². The zero-order chi connectivity index (χ0) is 12.3. The summed E-state index contributed by atoms with van der Waals surface area (Å²) in [7, 11) is 0. The van der Waals surface area contributed by atoms with Gasteiger partial charge in [-0.15, -0.1) is 0 Å². The van der Waals surface area contributed by atoms with E-state index in [4.69, 9.17) is 4.74 Å². The number of carbonyl (C=O) groups is 2. The van der Waals surface area contributed by atoms with Crippen LogP contribution in [-0.4, -0.2) is 29.1 Å². The maximum absolute atomic E-state index is 11.5. The van der Waals surface area contributed by atoms with Crippen molar-refractivity contribution in [3.8, 4) is 5.75 Å². The fourth-order valence-corrected chi connectivity index (χ4v) is 1.51. The predicted octanol–water partition coefficient (Wildman–Crippen LogP) is 1.20. The van der Waals surface area contributed by atoms with Crippen molar-refractivity contribution in [1.82, 2.24) is 5.01 Å². The van der Waals surface area contributed by atoms with Gasteiger partial charge in [-0.25, -0.2) is 9.80 Å². The highest BCUT2D eigenvalue weighted by Gasteiger charge is 2.23.